The molecule has 4 rings (SSSR count). The van der Waals surface area contributed by atoms with Crippen LogP contribution in [0, 0.1) is 13.8 Å². The van der Waals surface area contributed by atoms with Crippen LogP contribution in [0.2, 0.25) is 0 Å². The molecule has 0 amide bonds. The number of rotatable bonds is 3. The van der Waals surface area contributed by atoms with Crippen LogP contribution in [-0.2, 0) is 10.0 Å². The Morgan fingerprint density at radius 2 is 1.84 bits per heavy atom. The van der Waals surface area contributed by atoms with Crippen molar-refractivity contribution in [2.24, 2.45) is 0 Å². The van der Waals surface area contributed by atoms with E-state index in [1.54, 1.807) is 10.4 Å². The summed E-state index contributed by atoms with van der Waals surface area (Å²) in [5.74, 6) is 1.67. The van der Waals surface area contributed by atoms with Gasteiger partial charge in [-0.05, 0) is 61.1 Å². The summed E-state index contributed by atoms with van der Waals surface area (Å²) in [4.78, 5) is 0.416. The SMILES string of the molecule is Cc1ccc(C)c(S(=O)(=O)N2CCC(c3ccc4c(c3)OCO4)C2)c1. The van der Waals surface area contributed by atoms with Gasteiger partial charge in [0.2, 0.25) is 16.8 Å². The van der Waals surface area contributed by atoms with E-state index in [9.17, 15) is 8.42 Å². The Kier molecular flexibility index (Phi) is 3.96. The molecule has 0 radical (unpaired) electrons. The zero-order valence-corrected chi connectivity index (χ0v) is 15.2. The van der Waals surface area contributed by atoms with E-state index >= 15 is 0 Å². The summed E-state index contributed by atoms with van der Waals surface area (Å²) in [6.07, 6.45) is 0.809. The van der Waals surface area contributed by atoms with Gasteiger partial charge in [-0.1, -0.05) is 18.2 Å². The lowest BCUT2D eigenvalue weighted by Crippen LogP contribution is -2.29. The van der Waals surface area contributed by atoms with Crippen molar-refractivity contribution in [3.63, 3.8) is 0 Å². The van der Waals surface area contributed by atoms with E-state index in [0.717, 1.165) is 34.6 Å². The number of fused-ring (bicyclic) bond motifs is 1. The third-order valence-electron chi connectivity index (χ3n) is 4.98. The monoisotopic (exact) mass is 359 g/mol. The lowest BCUT2D eigenvalue weighted by Gasteiger charge is -2.18. The number of ether oxygens (including phenoxy) is 2. The van der Waals surface area contributed by atoms with Gasteiger partial charge in [-0.15, -0.1) is 0 Å². The molecule has 0 saturated carbocycles. The molecule has 1 saturated heterocycles. The Morgan fingerprint density at radius 3 is 2.68 bits per heavy atom. The van der Waals surface area contributed by atoms with Crippen LogP contribution in [0.1, 0.15) is 29.0 Å². The maximum atomic E-state index is 13.1. The molecule has 1 atom stereocenters. The summed E-state index contributed by atoms with van der Waals surface area (Å²) in [6, 6.07) is 11.5. The summed E-state index contributed by atoms with van der Waals surface area (Å²) >= 11 is 0. The van der Waals surface area contributed by atoms with E-state index in [-0.39, 0.29) is 12.7 Å². The van der Waals surface area contributed by atoms with E-state index < -0.39 is 10.0 Å². The molecule has 25 heavy (non-hydrogen) atoms. The van der Waals surface area contributed by atoms with Gasteiger partial charge in [0.1, 0.15) is 0 Å². The minimum absolute atomic E-state index is 0.175. The van der Waals surface area contributed by atoms with Crippen molar-refractivity contribution in [2.45, 2.75) is 31.1 Å². The Morgan fingerprint density at radius 1 is 1.04 bits per heavy atom. The average Bonchev–Trinajstić information content (AvgIpc) is 3.25. The minimum Gasteiger partial charge on any atom is -0.454 e. The number of benzene rings is 2. The van der Waals surface area contributed by atoms with Gasteiger partial charge in [-0.3, -0.25) is 0 Å². The molecule has 0 aliphatic carbocycles. The molecule has 0 bridgehead atoms. The fraction of sp³-hybridized carbons (Fsp3) is 0.368. The number of nitrogens with zero attached hydrogens (tertiary/aromatic N) is 1. The third kappa shape index (κ3) is 2.89. The number of aryl methyl sites for hydroxylation is 2. The van der Waals surface area contributed by atoms with Crippen molar-refractivity contribution in [1.29, 1.82) is 0 Å². The largest absolute Gasteiger partial charge is 0.454 e. The summed E-state index contributed by atoms with van der Waals surface area (Å²) in [7, 11) is -3.47. The van der Waals surface area contributed by atoms with E-state index in [2.05, 4.69) is 0 Å². The second kappa shape index (κ2) is 6.04. The number of sulfonamides is 1. The van der Waals surface area contributed by atoms with Crippen LogP contribution in [0.4, 0.5) is 0 Å². The first kappa shape index (κ1) is 16.4. The van der Waals surface area contributed by atoms with Gasteiger partial charge in [0.05, 0.1) is 4.90 Å². The first-order valence-electron chi connectivity index (χ1n) is 8.42. The summed E-state index contributed by atoms with van der Waals surface area (Å²) in [6.45, 7) is 5.04. The van der Waals surface area contributed by atoms with Crippen molar-refractivity contribution in [3.8, 4) is 11.5 Å². The topological polar surface area (TPSA) is 55.8 Å². The van der Waals surface area contributed by atoms with Gasteiger partial charge in [-0.25, -0.2) is 8.42 Å². The second-order valence-corrected chi connectivity index (χ2v) is 8.64. The summed E-state index contributed by atoms with van der Waals surface area (Å²) in [5, 5.41) is 0. The number of hydrogen-bond donors (Lipinski definition) is 0. The highest BCUT2D eigenvalue weighted by molar-refractivity contribution is 7.89. The van der Waals surface area contributed by atoms with Crippen molar-refractivity contribution >= 4 is 10.0 Å². The Hall–Kier alpha value is -2.05. The molecule has 1 unspecified atom stereocenters. The zero-order chi connectivity index (χ0) is 17.6. The maximum absolute atomic E-state index is 13.1. The first-order chi connectivity index (χ1) is 11.9. The fourth-order valence-electron chi connectivity index (χ4n) is 3.51. The summed E-state index contributed by atoms with van der Waals surface area (Å²) < 4.78 is 38.5. The molecule has 2 aromatic carbocycles. The van der Waals surface area contributed by atoms with Gasteiger partial charge >= 0.3 is 0 Å². The predicted octanol–water partition coefficient (Wildman–Crippen LogP) is 3.21. The van der Waals surface area contributed by atoms with E-state index in [1.165, 1.54) is 0 Å². The minimum atomic E-state index is -3.47. The Bertz CT molecular complexity index is 923. The van der Waals surface area contributed by atoms with Crippen molar-refractivity contribution in [2.75, 3.05) is 19.9 Å². The molecule has 6 heteroatoms. The van der Waals surface area contributed by atoms with Crippen molar-refractivity contribution in [3.05, 3.63) is 53.1 Å². The zero-order valence-electron chi connectivity index (χ0n) is 14.4. The molecule has 2 heterocycles. The molecule has 0 aromatic heterocycles. The fourth-order valence-corrected chi connectivity index (χ4v) is 5.32. The molecule has 0 N–H and O–H groups in total. The molecule has 5 nitrogen and oxygen atoms in total. The van der Waals surface area contributed by atoms with Crippen LogP contribution in [0.25, 0.3) is 0 Å². The predicted molar refractivity (Wildman–Crippen MR) is 94.6 cm³/mol. The first-order valence-corrected chi connectivity index (χ1v) is 9.86. The van der Waals surface area contributed by atoms with Gasteiger partial charge < -0.3 is 9.47 Å². The van der Waals surface area contributed by atoms with E-state index in [0.29, 0.717) is 18.0 Å². The van der Waals surface area contributed by atoms with E-state index in [4.69, 9.17) is 9.47 Å². The smallest absolute Gasteiger partial charge is 0.243 e. The molecular weight excluding hydrogens is 338 g/mol. The highest BCUT2D eigenvalue weighted by Gasteiger charge is 2.34. The van der Waals surface area contributed by atoms with Crippen LogP contribution in [0.5, 0.6) is 11.5 Å². The molecule has 132 valence electrons. The van der Waals surface area contributed by atoms with Crippen LogP contribution in [0.3, 0.4) is 0 Å². The quantitative estimate of drug-likeness (QED) is 0.844. The normalized spacial score (nSPS) is 20.2. The van der Waals surface area contributed by atoms with Crippen molar-refractivity contribution in [1.82, 2.24) is 4.31 Å². The van der Waals surface area contributed by atoms with Crippen molar-refractivity contribution < 1.29 is 17.9 Å². The number of hydrogen-bond acceptors (Lipinski definition) is 4. The molecule has 2 aliphatic rings. The summed E-state index contributed by atoms with van der Waals surface area (Å²) in [5.41, 5.74) is 2.84. The van der Waals surface area contributed by atoms with Crippen LogP contribution < -0.4 is 9.47 Å². The van der Waals surface area contributed by atoms with Gasteiger partial charge in [0, 0.05) is 13.1 Å². The van der Waals surface area contributed by atoms with Gasteiger partial charge in [-0.2, -0.15) is 4.31 Å². The maximum Gasteiger partial charge on any atom is 0.243 e. The standard InChI is InChI=1S/C19H21NO4S/c1-13-3-4-14(2)19(9-13)25(21,22)20-8-7-16(11-20)15-5-6-17-18(10-15)24-12-23-17/h3-6,9-10,16H,7-8,11-12H2,1-2H3. The molecule has 2 aromatic rings. The molecule has 2 aliphatic heterocycles. The Labute approximate surface area is 148 Å². The highest BCUT2D eigenvalue weighted by Crippen LogP contribution is 2.38. The van der Waals surface area contributed by atoms with Crippen LogP contribution >= 0.6 is 0 Å². The highest BCUT2D eigenvalue weighted by atomic mass is 32.2. The second-order valence-electron chi connectivity index (χ2n) is 6.73. The van der Waals surface area contributed by atoms with Gasteiger partial charge in [0.25, 0.3) is 0 Å². The lowest BCUT2D eigenvalue weighted by molar-refractivity contribution is 0.174. The van der Waals surface area contributed by atoms with Crippen LogP contribution in [-0.4, -0.2) is 32.6 Å². The Balaban J connectivity index is 1.58. The molecule has 1 fully saturated rings. The average molecular weight is 359 g/mol. The van der Waals surface area contributed by atoms with Crippen LogP contribution in [0.15, 0.2) is 41.3 Å². The third-order valence-corrected chi connectivity index (χ3v) is 6.99. The molecule has 0 spiro atoms. The lowest BCUT2D eigenvalue weighted by atomic mass is 9.98. The van der Waals surface area contributed by atoms with Gasteiger partial charge in [0.15, 0.2) is 11.5 Å². The molecular formula is C19H21NO4S. The van der Waals surface area contributed by atoms with E-state index in [1.807, 2.05) is 44.2 Å².